The normalized spacial score (nSPS) is 20.0. The molecule has 1 fully saturated rings. The highest BCUT2D eigenvalue weighted by Crippen LogP contribution is 2.31. The molecule has 1 aliphatic heterocycles. The third kappa shape index (κ3) is 3.74. The molecule has 0 aromatic heterocycles. The van der Waals surface area contributed by atoms with Gasteiger partial charge in [-0.05, 0) is 24.1 Å². The van der Waals surface area contributed by atoms with Crippen LogP contribution in [-0.4, -0.2) is 31.8 Å². The van der Waals surface area contributed by atoms with E-state index in [1.54, 1.807) is 7.11 Å². The van der Waals surface area contributed by atoms with E-state index in [2.05, 4.69) is 0 Å². The van der Waals surface area contributed by atoms with E-state index in [1.165, 1.54) is 0 Å². The molecule has 0 radical (unpaired) electrons. The zero-order chi connectivity index (χ0) is 15.5. The number of benzene rings is 1. The smallest absolute Gasteiger partial charge is 0.348 e. The average Bonchev–Trinajstić information content (AvgIpc) is 2.72. The summed E-state index contributed by atoms with van der Waals surface area (Å²) in [5.74, 6) is -0.0719. The number of carbonyl (C=O) groups is 2. The van der Waals surface area contributed by atoms with Crippen molar-refractivity contribution in [2.45, 2.75) is 32.8 Å². The fourth-order valence-corrected chi connectivity index (χ4v) is 2.16. The molecule has 1 aromatic rings. The van der Waals surface area contributed by atoms with Crippen molar-refractivity contribution in [2.75, 3.05) is 13.7 Å². The molecule has 0 N–H and O–H groups in total. The second-order valence-corrected chi connectivity index (χ2v) is 5.81. The molecular formula is C16H20O5. The van der Waals surface area contributed by atoms with E-state index in [1.807, 2.05) is 38.1 Å². The number of cyclic esters (lactones) is 1. The van der Waals surface area contributed by atoms with E-state index < -0.39 is 17.5 Å². The van der Waals surface area contributed by atoms with E-state index in [4.69, 9.17) is 14.2 Å². The first-order valence-corrected chi connectivity index (χ1v) is 6.91. The monoisotopic (exact) mass is 292 g/mol. The minimum Gasteiger partial charge on any atom is -0.497 e. The third-order valence-corrected chi connectivity index (χ3v) is 3.54. The zero-order valence-electron chi connectivity index (χ0n) is 12.5. The van der Waals surface area contributed by atoms with Crippen LogP contribution in [0.25, 0.3) is 0 Å². The summed E-state index contributed by atoms with van der Waals surface area (Å²) in [6.07, 6.45) is -0.0159. The van der Waals surface area contributed by atoms with Crippen molar-refractivity contribution in [3.8, 4) is 5.75 Å². The van der Waals surface area contributed by atoms with Crippen molar-refractivity contribution in [2.24, 2.45) is 5.41 Å². The van der Waals surface area contributed by atoms with Gasteiger partial charge in [0.05, 0.1) is 7.11 Å². The lowest BCUT2D eigenvalue weighted by molar-refractivity contribution is -0.163. The van der Waals surface area contributed by atoms with Crippen LogP contribution in [0.5, 0.6) is 5.75 Å². The highest BCUT2D eigenvalue weighted by Gasteiger charge is 2.46. The molecule has 114 valence electrons. The van der Waals surface area contributed by atoms with Crippen molar-refractivity contribution in [3.63, 3.8) is 0 Å². The molecule has 1 atom stereocenters. The SMILES string of the molecule is COc1ccc(CCC(=O)O[C@H]2C(=O)OCC2(C)C)cc1. The predicted molar refractivity (Wildman–Crippen MR) is 75.9 cm³/mol. The lowest BCUT2D eigenvalue weighted by atomic mass is 9.90. The lowest BCUT2D eigenvalue weighted by Gasteiger charge is -2.21. The van der Waals surface area contributed by atoms with Gasteiger partial charge >= 0.3 is 11.9 Å². The fourth-order valence-electron chi connectivity index (χ4n) is 2.16. The molecule has 5 heteroatoms. The summed E-state index contributed by atoms with van der Waals surface area (Å²) in [5, 5.41) is 0. The zero-order valence-corrected chi connectivity index (χ0v) is 12.5. The van der Waals surface area contributed by atoms with Crippen molar-refractivity contribution in [1.29, 1.82) is 0 Å². The second kappa shape index (κ2) is 6.16. The minimum atomic E-state index is -0.805. The number of methoxy groups -OCH3 is 1. The number of carbonyl (C=O) groups excluding carboxylic acids is 2. The molecule has 0 unspecified atom stereocenters. The van der Waals surface area contributed by atoms with Crippen LogP contribution in [-0.2, 0) is 25.5 Å². The van der Waals surface area contributed by atoms with E-state index in [-0.39, 0.29) is 19.0 Å². The van der Waals surface area contributed by atoms with Gasteiger partial charge in [0.25, 0.3) is 0 Å². The van der Waals surface area contributed by atoms with Gasteiger partial charge in [-0.2, -0.15) is 0 Å². The Bertz CT molecular complexity index is 518. The fraction of sp³-hybridized carbons (Fsp3) is 0.500. The maximum absolute atomic E-state index is 11.9. The number of hydrogen-bond acceptors (Lipinski definition) is 5. The molecular weight excluding hydrogens is 272 g/mol. The quantitative estimate of drug-likeness (QED) is 0.778. The first-order valence-electron chi connectivity index (χ1n) is 6.91. The summed E-state index contributed by atoms with van der Waals surface area (Å²) in [6, 6.07) is 7.50. The predicted octanol–water partition coefficient (Wildman–Crippen LogP) is 2.12. The molecule has 1 heterocycles. The van der Waals surface area contributed by atoms with Crippen molar-refractivity contribution >= 4 is 11.9 Å². The highest BCUT2D eigenvalue weighted by atomic mass is 16.6. The Kier molecular flexibility index (Phi) is 4.50. The van der Waals surface area contributed by atoms with Crippen LogP contribution in [0.2, 0.25) is 0 Å². The van der Waals surface area contributed by atoms with E-state index >= 15 is 0 Å². The number of hydrogen-bond donors (Lipinski definition) is 0. The molecule has 1 aromatic carbocycles. The van der Waals surface area contributed by atoms with Gasteiger partial charge < -0.3 is 14.2 Å². The first kappa shape index (κ1) is 15.4. The Morgan fingerprint density at radius 2 is 2.00 bits per heavy atom. The molecule has 5 nitrogen and oxygen atoms in total. The van der Waals surface area contributed by atoms with Crippen molar-refractivity contribution < 1.29 is 23.8 Å². The van der Waals surface area contributed by atoms with Crippen LogP contribution in [0.3, 0.4) is 0 Å². The standard InChI is InChI=1S/C16H20O5/c1-16(2)10-20-15(18)14(16)21-13(17)9-6-11-4-7-12(19-3)8-5-11/h4-5,7-8,14H,6,9-10H2,1-3H3/t14-/m0/s1. The van der Waals surface area contributed by atoms with Gasteiger partial charge in [-0.1, -0.05) is 26.0 Å². The van der Waals surface area contributed by atoms with Crippen molar-refractivity contribution in [3.05, 3.63) is 29.8 Å². The van der Waals surface area contributed by atoms with Crippen LogP contribution >= 0.6 is 0 Å². The van der Waals surface area contributed by atoms with E-state index in [0.717, 1.165) is 11.3 Å². The summed E-state index contributed by atoms with van der Waals surface area (Å²) in [7, 11) is 1.61. The number of esters is 2. The van der Waals surface area contributed by atoms with Crippen LogP contribution < -0.4 is 4.74 Å². The van der Waals surface area contributed by atoms with E-state index in [9.17, 15) is 9.59 Å². The molecule has 0 saturated carbocycles. The van der Waals surface area contributed by atoms with Crippen LogP contribution in [0.15, 0.2) is 24.3 Å². The maximum atomic E-state index is 11.9. The summed E-state index contributed by atoms with van der Waals surface area (Å²) in [5.41, 5.74) is 0.549. The Morgan fingerprint density at radius 1 is 1.33 bits per heavy atom. The summed E-state index contributed by atoms with van der Waals surface area (Å²) >= 11 is 0. The summed E-state index contributed by atoms with van der Waals surface area (Å²) < 4.78 is 15.3. The first-order chi connectivity index (χ1) is 9.92. The molecule has 2 rings (SSSR count). The van der Waals surface area contributed by atoms with Gasteiger partial charge in [0.2, 0.25) is 6.10 Å². The average molecular weight is 292 g/mol. The van der Waals surface area contributed by atoms with Crippen LogP contribution in [0.1, 0.15) is 25.8 Å². The minimum absolute atomic E-state index is 0.228. The Labute approximate surface area is 124 Å². The largest absolute Gasteiger partial charge is 0.497 e. The number of rotatable bonds is 5. The third-order valence-electron chi connectivity index (χ3n) is 3.54. The summed E-state index contributed by atoms with van der Waals surface area (Å²) in [6.45, 7) is 3.97. The highest BCUT2D eigenvalue weighted by molar-refractivity contribution is 5.81. The topological polar surface area (TPSA) is 61.8 Å². The van der Waals surface area contributed by atoms with Gasteiger partial charge in [0.1, 0.15) is 12.4 Å². The van der Waals surface area contributed by atoms with E-state index in [0.29, 0.717) is 6.42 Å². The summed E-state index contributed by atoms with van der Waals surface area (Å²) in [4.78, 5) is 23.4. The maximum Gasteiger partial charge on any atom is 0.348 e. The molecule has 0 aliphatic carbocycles. The number of ether oxygens (including phenoxy) is 3. The second-order valence-electron chi connectivity index (χ2n) is 5.81. The number of aryl methyl sites for hydroxylation is 1. The van der Waals surface area contributed by atoms with Crippen LogP contribution in [0.4, 0.5) is 0 Å². The Hall–Kier alpha value is -2.04. The van der Waals surface area contributed by atoms with Gasteiger partial charge in [-0.25, -0.2) is 4.79 Å². The van der Waals surface area contributed by atoms with Crippen LogP contribution in [0, 0.1) is 5.41 Å². The Balaban J connectivity index is 1.85. The van der Waals surface area contributed by atoms with Gasteiger partial charge in [-0.3, -0.25) is 4.79 Å². The lowest BCUT2D eigenvalue weighted by Crippen LogP contribution is -2.35. The molecule has 1 saturated heterocycles. The van der Waals surface area contributed by atoms with Gasteiger partial charge in [0, 0.05) is 11.8 Å². The molecule has 0 bridgehead atoms. The molecule has 0 spiro atoms. The van der Waals surface area contributed by atoms with Gasteiger partial charge in [0.15, 0.2) is 0 Å². The van der Waals surface area contributed by atoms with Gasteiger partial charge in [-0.15, -0.1) is 0 Å². The molecule has 0 amide bonds. The van der Waals surface area contributed by atoms with Crippen molar-refractivity contribution in [1.82, 2.24) is 0 Å². The molecule has 1 aliphatic rings. The Morgan fingerprint density at radius 3 is 2.52 bits per heavy atom. The molecule has 21 heavy (non-hydrogen) atoms.